The van der Waals surface area contributed by atoms with Crippen molar-refractivity contribution in [2.24, 2.45) is 11.8 Å². The van der Waals surface area contributed by atoms with Crippen LogP contribution < -0.4 is 0 Å². The molecule has 1 rings (SSSR count). The van der Waals surface area contributed by atoms with Crippen molar-refractivity contribution < 1.29 is 9.90 Å². The summed E-state index contributed by atoms with van der Waals surface area (Å²) in [5.74, 6) is 0.470. The van der Waals surface area contributed by atoms with Gasteiger partial charge in [0.25, 0.3) is 0 Å². The molecule has 0 radical (unpaired) electrons. The van der Waals surface area contributed by atoms with Crippen LogP contribution >= 0.6 is 0 Å². The van der Waals surface area contributed by atoms with E-state index < -0.39 is 5.97 Å². The molecule has 0 saturated heterocycles. The van der Waals surface area contributed by atoms with Crippen LogP contribution in [0.15, 0.2) is 0 Å². The van der Waals surface area contributed by atoms with Crippen molar-refractivity contribution >= 4 is 5.97 Å². The first kappa shape index (κ1) is 6.59. The number of carboxylic acids is 1. The van der Waals surface area contributed by atoms with Gasteiger partial charge in [0.05, 0.1) is 0 Å². The van der Waals surface area contributed by atoms with Crippen LogP contribution in [-0.4, -0.2) is 11.1 Å². The Bertz CT molecular complexity index is 116. The van der Waals surface area contributed by atoms with Crippen molar-refractivity contribution in [2.75, 3.05) is 0 Å². The molecule has 1 fully saturated rings. The minimum Gasteiger partial charge on any atom is -0.481 e. The fourth-order valence-corrected chi connectivity index (χ4v) is 1.11. The normalized spacial score (nSPS) is 21.4. The molecule has 0 unspecified atom stereocenters. The molecule has 2 heteroatoms. The number of carbonyl (C=O) groups is 1. The van der Waals surface area contributed by atoms with E-state index in [0.29, 0.717) is 12.3 Å². The average Bonchev–Trinajstić information content (AvgIpc) is 2.40. The van der Waals surface area contributed by atoms with Crippen molar-refractivity contribution in [1.82, 2.24) is 0 Å². The van der Waals surface area contributed by atoms with Crippen molar-refractivity contribution in [3.8, 4) is 0 Å². The first-order valence-electron chi connectivity index (χ1n) is 3.42. The summed E-state index contributed by atoms with van der Waals surface area (Å²) in [7, 11) is 0. The molecule has 0 spiro atoms. The van der Waals surface area contributed by atoms with Gasteiger partial charge in [0.1, 0.15) is 0 Å². The third-order valence-electron chi connectivity index (χ3n) is 1.92. The highest BCUT2D eigenvalue weighted by atomic mass is 16.4. The summed E-state index contributed by atoms with van der Waals surface area (Å²) in [6.07, 6.45) is 2.84. The molecule has 0 amide bonds. The number of hydrogen-bond donors (Lipinski definition) is 1. The Morgan fingerprint density at radius 2 is 2.33 bits per heavy atom. The molecule has 1 aliphatic carbocycles. The Hall–Kier alpha value is -0.530. The molecular weight excluding hydrogens is 116 g/mol. The Morgan fingerprint density at radius 3 is 2.67 bits per heavy atom. The molecule has 9 heavy (non-hydrogen) atoms. The van der Waals surface area contributed by atoms with Gasteiger partial charge >= 0.3 is 5.97 Å². The Morgan fingerprint density at radius 1 is 1.78 bits per heavy atom. The zero-order valence-corrected chi connectivity index (χ0v) is 5.63. The summed E-state index contributed by atoms with van der Waals surface area (Å²) in [6, 6.07) is 0. The molecule has 0 heterocycles. The van der Waals surface area contributed by atoms with Crippen LogP contribution in [0.1, 0.15) is 26.2 Å². The molecule has 0 bridgehead atoms. The summed E-state index contributed by atoms with van der Waals surface area (Å²) in [6.45, 7) is 2.02. The van der Waals surface area contributed by atoms with Gasteiger partial charge in [-0.1, -0.05) is 6.92 Å². The minimum absolute atomic E-state index is 0.352. The van der Waals surface area contributed by atoms with Gasteiger partial charge in [-0.05, 0) is 24.7 Å². The zero-order valence-electron chi connectivity index (χ0n) is 5.63. The van der Waals surface area contributed by atoms with Gasteiger partial charge in [0.2, 0.25) is 0 Å². The van der Waals surface area contributed by atoms with E-state index in [9.17, 15) is 4.79 Å². The summed E-state index contributed by atoms with van der Waals surface area (Å²) >= 11 is 0. The van der Waals surface area contributed by atoms with E-state index >= 15 is 0 Å². The second-order valence-electron chi connectivity index (χ2n) is 2.91. The lowest BCUT2D eigenvalue weighted by molar-refractivity contribution is -0.138. The number of aliphatic carboxylic acids is 1. The molecule has 0 aromatic rings. The number of hydrogen-bond acceptors (Lipinski definition) is 1. The summed E-state index contributed by atoms with van der Waals surface area (Å²) in [5, 5.41) is 8.36. The van der Waals surface area contributed by atoms with Gasteiger partial charge in [-0.2, -0.15) is 0 Å². The van der Waals surface area contributed by atoms with Crippen molar-refractivity contribution in [1.29, 1.82) is 0 Å². The van der Waals surface area contributed by atoms with E-state index in [2.05, 4.69) is 0 Å². The summed E-state index contributed by atoms with van der Waals surface area (Å²) in [4.78, 5) is 10.1. The fourth-order valence-electron chi connectivity index (χ4n) is 1.11. The summed E-state index contributed by atoms with van der Waals surface area (Å²) in [5.41, 5.74) is 0. The lowest BCUT2D eigenvalue weighted by Gasteiger charge is -2.03. The fraction of sp³-hybridized carbons (Fsp3) is 0.857. The van der Waals surface area contributed by atoms with Crippen molar-refractivity contribution in [3.63, 3.8) is 0 Å². The maximum atomic E-state index is 10.1. The van der Waals surface area contributed by atoms with Crippen LogP contribution in [0, 0.1) is 11.8 Å². The lowest BCUT2D eigenvalue weighted by atomic mass is 10.0. The van der Waals surface area contributed by atoms with Crippen molar-refractivity contribution in [2.45, 2.75) is 26.2 Å². The maximum absolute atomic E-state index is 10.1. The zero-order chi connectivity index (χ0) is 6.85. The van der Waals surface area contributed by atoms with E-state index in [0.717, 1.165) is 5.92 Å². The SMILES string of the molecule is C[C@H](CC(=O)O)C1CC1. The van der Waals surface area contributed by atoms with Crippen LogP contribution in [-0.2, 0) is 4.79 Å². The monoisotopic (exact) mass is 128 g/mol. The Labute approximate surface area is 54.9 Å². The second-order valence-corrected chi connectivity index (χ2v) is 2.91. The van der Waals surface area contributed by atoms with Gasteiger partial charge in [-0.15, -0.1) is 0 Å². The van der Waals surface area contributed by atoms with E-state index in [1.807, 2.05) is 6.92 Å². The van der Waals surface area contributed by atoms with Gasteiger partial charge in [0, 0.05) is 6.42 Å². The van der Waals surface area contributed by atoms with Gasteiger partial charge in [-0.3, -0.25) is 4.79 Å². The van der Waals surface area contributed by atoms with E-state index in [1.165, 1.54) is 12.8 Å². The molecule has 1 aliphatic rings. The molecule has 0 aromatic heterocycles. The van der Waals surface area contributed by atoms with E-state index in [1.54, 1.807) is 0 Å². The molecule has 52 valence electrons. The highest BCUT2D eigenvalue weighted by Gasteiger charge is 2.28. The Kier molecular flexibility index (Phi) is 1.74. The van der Waals surface area contributed by atoms with E-state index in [4.69, 9.17) is 5.11 Å². The maximum Gasteiger partial charge on any atom is 0.303 e. The van der Waals surface area contributed by atoms with Gasteiger partial charge in [-0.25, -0.2) is 0 Å². The third-order valence-corrected chi connectivity index (χ3v) is 1.92. The summed E-state index contributed by atoms with van der Waals surface area (Å²) < 4.78 is 0. The van der Waals surface area contributed by atoms with Gasteiger partial charge in [0.15, 0.2) is 0 Å². The highest BCUT2D eigenvalue weighted by molar-refractivity contribution is 5.67. The third kappa shape index (κ3) is 2.04. The van der Waals surface area contributed by atoms with Crippen LogP contribution in [0.25, 0.3) is 0 Å². The smallest absolute Gasteiger partial charge is 0.303 e. The molecule has 0 aromatic carbocycles. The van der Waals surface area contributed by atoms with Crippen LogP contribution in [0.4, 0.5) is 0 Å². The number of rotatable bonds is 3. The first-order chi connectivity index (χ1) is 4.20. The van der Waals surface area contributed by atoms with E-state index in [-0.39, 0.29) is 0 Å². The van der Waals surface area contributed by atoms with Crippen molar-refractivity contribution in [3.05, 3.63) is 0 Å². The van der Waals surface area contributed by atoms with Crippen LogP contribution in [0.5, 0.6) is 0 Å². The lowest BCUT2D eigenvalue weighted by Crippen LogP contribution is -2.05. The molecule has 2 nitrogen and oxygen atoms in total. The number of carboxylic acid groups (broad SMARTS) is 1. The quantitative estimate of drug-likeness (QED) is 0.625. The molecule has 0 aliphatic heterocycles. The predicted molar refractivity (Wildman–Crippen MR) is 34.1 cm³/mol. The van der Waals surface area contributed by atoms with Gasteiger partial charge < -0.3 is 5.11 Å². The largest absolute Gasteiger partial charge is 0.481 e. The molecular formula is C7H12O2. The minimum atomic E-state index is -0.658. The highest BCUT2D eigenvalue weighted by Crippen LogP contribution is 2.37. The second kappa shape index (κ2) is 2.38. The molecule has 1 saturated carbocycles. The van der Waals surface area contributed by atoms with Crippen LogP contribution in [0.2, 0.25) is 0 Å². The topological polar surface area (TPSA) is 37.3 Å². The standard InChI is InChI=1S/C7H12O2/c1-5(4-7(8)9)6-2-3-6/h5-6H,2-4H2,1H3,(H,8,9)/t5-/m1/s1. The predicted octanol–water partition coefficient (Wildman–Crippen LogP) is 1.51. The Balaban J connectivity index is 2.17. The molecule has 1 N–H and O–H groups in total. The molecule has 1 atom stereocenters. The first-order valence-corrected chi connectivity index (χ1v) is 3.42. The van der Waals surface area contributed by atoms with Crippen LogP contribution in [0.3, 0.4) is 0 Å². The average molecular weight is 128 g/mol.